The molecule has 1 N–H and O–H groups in total. The van der Waals surface area contributed by atoms with Crippen LogP contribution in [0.2, 0.25) is 0 Å². The molecule has 3 rings (SSSR count). The van der Waals surface area contributed by atoms with Crippen LogP contribution < -0.4 is 5.32 Å². The number of carbonyl (C=O) groups excluding carboxylic acids is 1. The van der Waals surface area contributed by atoms with Crippen molar-refractivity contribution in [2.45, 2.75) is 0 Å². The van der Waals surface area contributed by atoms with Crippen molar-refractivity contribution in [1.29, 1.82) is 0 Å². The zero-order chi connectivity index (χ0) is 13.4. The van der Waals surface area contributed by atoms with Gasteiger partial charge in [-0.25, -0.2) is 0 Å². The molecule has 0 aliphatic carbocycles. The fourth-order valence-electron chi connectivity index (χ4n) is 2.07. The SMILES string of the molecule is O=C1Nc2ccc(Br)cc2C1=Cc1cccc(Br)c1. The molecule has 1 amide bonds. The maximum atomic E-state index is 12.0. The second-order valence-electron chi connectivity index (χ2n) is 4.26. The maximum Gasteiger partial charge on any atom is 0.256 e. The Morgan fingerprint density at radius 3 is 2.58 bits per heavy atom. The second-order valence-corrected chi connectivity index (χ2v) is 6.09. The molecule has 4 heteroatoms. The lowest BCUT2D eigenvalue weighted by Gasteiger charge is -2.00. The molecule has 2 aromatic carbocycles. The Labute approximate surface area is 127 Å². The Morgan fingerprint density at radius 1 is 1.00 bits per heavy atom. The van der Waals surface area contributed by atoms with Gasteiger partial charge in [0.1, 0.15) is 0 Å². The molecule has 19 heavy (non-hydrogen) atoms. The van der Waals surface area contributed by atoms with Crippen LogP contribution >= 0.6 is 31.9 Å². The van der Waals surface area contributed by atoms with Gasteiger partial charge in [-0.3, -0.25) is 4.79 Å². The Kier molecular flexibility index (Phi) is 3.29. The van der Waals surface area contributed by atoms with Gasteiger partial charge in [0.15, 0.2) is 0 Å². The van der Waals surface area contributed by atoms with Crippen molar-refractivity contribution >= 4 is 55.1 Å². The van der Waals surface area contributed by atoms with Crippen LogP contribution in [0, 0.1) is 0 Å². The number of nitrogens with one attached hydrogen (secondary N) is 1. The van der Waals surface area contributed by atoms with E-state index in [0.29, 0.717) is 5.57 Å². The van der Waals surface area contributed by atoms with Crippen molar-refractivity contribution in [2.24, 2.45) is 0 Å². The minimum absolute atomic E-state index is 0.0620. The first-order valence-electron chi connectivity index (χ1n) is 5.72. The summed E-state index contributed by atoms with van der Waals surface area (Å²) in [6.07, 6.45) is 1.90. The van der Waals surface area contributed by atoms with E-state index in [1.54, 1.807) is 0 Å². The lowest BCUT2D eigenvalue weighted by Crippen LogP contribution is -2.03. The molecule has 0 atom stereocenters. The molecular weight excluding hydrogens is 370 g/mol. The second kappa shape index (κ2) is 4.94. The highest BCUT2D eigenvalue weighted by Gasteiger charge is 2.23. The molecule has 0 saturated carbocycles. The standard InChI is InChI=1S/C15H9Br2NO/c16-10-3-1-2-9(6-10)7-13-12-8-11(17)4-5-14(12)18-15(13)19/h1-8H,(H,18,19). The molecule has 2 nitrogen and oxygen atoms in total. The first-order chi connectivity index (χ1) is 9.13. The first-order valence-corrected chi connectivity index (χ1v) is 7.30. The summed E-state index contributed by atoms with van der Waals surface area (Å²) in [6.45, 7) is 0. The molecule has 2 aromatic rings. The summed E-state index contributed by atoms with van der Waals surface area (Å²) in [5.41, 5.74) is 3.47. The molecule has 1 aliphatic heterocycles. The third-order valence-electron chi connectivity index (χ3n) is 2.92. The minimum atomic E-state index is -0.0620. The molecule has 0 spiro atoms. The molecule has 0 fully saturated rings. The van der Waals surface area contributed by atoms with Crippen LogP contribution in [0.25, 0.3) is 11.6 Å². The van der Waals surface area contributed by atoms with E-state index in [-0.39, 0.29) is 5.91 Å². The van der Waals surface area contributed by atoms with Crippen molar-refractivity contribution < 1.29 is 4.79 Å². The molecule has 1 aliphatic rings. The summed E-state index contributed by atoms with van der Waals surface area (Å²) in [4.78, 5) is 12.0. The number of hydrogen-bond donors (Lipinski definition) is 1. The fourth-order valence-corrected chi connectivity index (χ4v) is 2.84. The molecule has 0 bridgehead atoms. The maximum absolute atomic E-state index is 12.0. The average molecular weight is 379 g/mol. The van der Waals surface area contributed by atoms with E-state index in [1.165, 1.54) is 0 Å². The van der Waals surface area contributed by atoms with Gasteiger partial charge in [-0.2, -0.15) is 0 Å². The summed E-state index contributed by atoms with van der Waals surface area (Å²) >= 11 is 6.87. The summed E-state index contributed by atoms with van der Waals surface area (Å²) < 4.78 is 1.96. The Hall–Kier alpha value is -1.39. The number of fused-ring (bicyclic) bond motifs is 1. The van der Waals surface area contributed by atoms with Crippen LogP contribution in [0.3, 0.4) is 0 Å². The molecule has 0 saturated heterocycles. The number of hydrogen-bond acceptors (Lipinski definition) is 1. The number of carbonyl (C=O) groups is 1. The van der Waals surface area contributed by atoms with Crippen LogP contribution in [0.1, 0.15) is 11.1 Å². The van der Waals surface area contributed by atoms with Crippen LogP contribution in [0.5, 0.6) is 0 Å². The summed E-state index contributed by atoms with van der Waals surface area (Å²) in [6, 6.07) is 13.6. The first kappa shape index (κ1) is 12.6. The van der Waals surface area contributed by atoms with Gasteiger partial charge in [0.25, 0.3) is 5.91 Å². The van der Waals surface area contributed by atoms with Crippen LogP contribution in [0.4, 0.5) is 5.69 Å². The van der Waals surface area contributed by atoms with Gasteiger partial charge in [0.2, 0.25) is 0 Å². The molecule has 1 heterocycles. The zero-order valence-corrected chi connectivity index (χ0v) is 13.0. The number of benzene rings is 2. The lowest BCUT2D eigenvalue weighted by molar-refractivity contribution is -0.110. The van der Waals surface area contributed by atoms with Gasteiger partial charge in [-0.15, -0.1) is 0 Å². The van der Waals surface area contributed by atoms with E-state index in [0.717, 1.165) is 25.8 Å². The van der Waals surface area contributed by atoms with Crippen molar-refractivity contribution in [2.75, 3.05) is 5.32 Å². The Bertz CT molecular complexity index is 707. The van der Waals surface area contributed by atoms with Crippen LogP contribution in [-0.4, -0.2) is 5.91 Å². The number of amides is 1. The van der Waals surface area contributed by atoms with E-state index < -0.39 is 0 Å². The monoisotopic (exact) mass is 377 g/mol. The van der Waals surface area contributed by atoms with Gasteiger partial charge in [0, 0.05) is 25.8 Å². The lowest BCUT2D eigenvalue weighted by atomic mass is 10.0. The van der Waals surface area contributed by atoms with E-state index in [1.807, 2.05) is 48.5 Å². The van der Waals surface area contributed by atoms with Gasteiger partial charge < -0.3 is 5.32 Å². The summed E-state index contributed by atoms with van der Waals surface area (Å²) in [5, 5.41) is 2.87. The summed E-state index contributed by atoms with van der Waals surface area (Å²) in [7, 11) is 0. The quantitative estimate of drug-likeness (QED) is 0.715. The largest absolute Gasteiger partial charge is 0.321 e. The molecule has 94 valence electrons. The molecular formula is C15H9Br2NO. The molecule has 0 aromatic heterocycles. The van der Waals surface area contributed by atoms with E-state index in [9.17, 15) is 4.79 Å². The highest BCUT2D eigenvalue weighted by molar-refractivity contribution is 9.10. The van der Waals surface area contributed by atoms with Crippen molar-refractivity contribution in [3.8, 4) is 0 Å². The van der Waals surface area contributed by atoms with E-state index in [2.05, 4.69) is 37.2 Å². The van der Waals surface area contributed by atoms with Crippen LogP contribution in [-0.2, 0) is 4.79 Å². The predicted octanol–water partition coefficient (Wildman–Crippen LogP) is 4.70. The van der Waals surface area contributed by atoms with Crippen molar-refractivity contribution in [3.05, 3.63) is 62.5 Å². The third-order valence-corrected chi connectivity index (χ3v) is 3.91. The van der Waals surface area contributed by atoms with Gasteiger partial charge in [0.05, 0.1) is 0 Å². The normalized spacial score (nSPS) is 15.5. The highest BCUT2D eigenvalue weighted by atomic mass is 79.9. The number of rotatable bonds is 1. The smallest absolute Gasteiger partial charge is 0.256 e. The van der Waals surface area contributed by atoms with Gasteiger partial charge in [-0.1, -0.05) is 44.0 Å². The van der Waals surface area contributed by atoms with Gasteiger partial charge in [-0.05, 0) is 42.0 Å². The van der Waals surface area contributed by atoms with Gasteiger partial charge >= 0.3 is 0 Å². The topological polar surface area (TPSA) is 29.1 Å². The van der Waals surface area contributed by atoms with E-state index >= 15 is 0 Å². The Balaban J connectivity index is 2.11. The fraction of sp³-hybridized carbons (Fsp3) is 0. The minimum Gasteiger partial charge on any atom is -0.321 e. The average Bonchev–Trinajstić information content (AvgIpc) is 2.66. The summed E-state index contributed by atoms with van der Waals surface area (Å²) in [5.74, 6) is -0.0620. The molecule has 0 unspecified atom stereocenters. The predicted molar refractivity (Wildman–Crippen MR) is 84.8 cm³/mol. The number of halogens is 2. The van der Waals surface area contributed by atoms with Crippen LogP contribution in [0.15, 0.2) is 51.4 Å². The zero-order valence-electron chi connectivity index (χ0n) is 9.78. The highest BCUT2D eigenvalue weighted by Crippen LogP contribution is 2.35. The Morgan fingerprint density at radius 2 is 1.79 bits per heavy atom. The van der Waals surface area contributed by atoms with Crippen molar-refractivity contribution in [3.63, 3.8) is 0 Å². The van der Waals surface area contributed by atoms with Crippen molar-refractivity contribution in [1.82, 2.24) is 0 Å². The van der Waals surface area contributed by atoms with E-state index in [4.69, 9.17) is 0 Å². The third kappa shape index (κ3) is 2.51. The molecule has 0 radical (unpaired) electrons. The number of anilines is 1.